The number of aromatic nitrogens is 2. The zero-order chi connectivity index (χ0) is 13.8. The minimum absolute atomic E-state index is 0.147. The fraction of sp³-hybridized carbons (Fsp3) is 0.250. The van der Waals surface area contributed by atoms with Crippen LogP contribution in [0.5, 0.6) is 0 Å². The molecule has 0 spiro atoms. The van der Waals surface area contributed by atoms with Crippen LogP contribution in [0.3, 0.4) is 0 Å². The summed E-state index contributed by atoms with van der Waals surface area (Å²) in [5, 5.41) is 18.0. The van der Waals surface area contributed by atoms with Gasteiger partial charge in [0.2, 0.25) is 0 Å². The van der Waals surface area contributed by atoms with E-state index in [1.54, 1.807) is 6.20 Å². The number of carboxylic acids is 1. The lowest BCUT2D eigenvalue weighted by molar-refractivity contribution is -0.136. The third kappa shape index (κ3) is 3.01. The predicted octanol–water partition coefficient (Wildman–Crippen LogP) is 0.868. The van der Waals surface area contributed by atoms with Crippen LogP contribution in [-0.2, 0) is 17.8 Å². The Balaban J connectivity index is 2.02. The van der Waals surface area contributed by atoms with Gasteiger partial charge >= 0.3 is 5.97 Å². The molecule has 0 aromatic carbocycles. The number of furan rings is 1. The number of rotatable bonds is 5. The summed E-state index contributed by atoms with van der Waals surface area (Å²) >= 11 is 0. The Labute approximate surface area is 108 Å². The third-order valence-corrected chi connectivity index (χ3v) is 2.68. The van der Waals surface area contributed by atoms with Crippen molar-refractivity contribution in [3.63, 3.8) is 0 Å². The molecular formula is C12H13N3O4. The summed E-state index contributed by atoms with van der Waals surface area (Å²) in [5.41, 5.74) is 1.98. The van der Waals surface area contributed by atoms with Gasteiger partial charge in [-0.3, -0.25) is 14.7 Å². The number of nitrogens with zero attached hydrogens (tertiary/aromatic N) is 1. The van der Waals surface area contributed by atoms with Crippen LogP contribution in [0.1, 0.15) is 27.4 Å². The molecule has 2 aromatic rings. The van der Waals surface area contributed by atoms with E-state index in [1.165, 1.54) is 12.3 Å². The van der Waals surface area contributed by atoms with E-state index in [-0.39, 0.29) is 23.7 Å². The third-order valence-electron chi connectivity index (χ3n) is 2.68. The van der Waals surface area contributed by atoms with Crippen molar-refractivity contribution in [3.05, 3.63) is 41.1 Å². The van der Waals surface area contributed by atoms with Gasteiger partial charge in [-0.15, -0.1) is 0 Å². The van der Waals surface area contributed by atoms with Gasteiger partial charge in [-0.25, -0.2) is 0 Å². The average molecular weight is 263 g/mol. The van der Waals surface area contributed by atoms with E-state index in [4.69, 9.17) is 9.52 Å². The van der Waals surface area contributed by atoms with E-state index in [0.717, 1.165) is 11.3 Å². The zero-order valence-corrected chi connectivity index (χ0v) is 10.3. The Morgan fingerprint density at radius 1 is 1.53 bits per heavy atom. The molecule has 1 amide bonds. The summed E-state index contributed by atoms with van der Waals surface area (Å²) in [6, 6.07) is 1.45. The smallest absolute Gasteiger partial charge is 0.311 e. The van der Waals surface area contributed by atoms with Crippen molar-refractivity contribution >= 4 is 11.9 Å². The van der Waals surface area contributed by atoms with Crippen molar-refractivity contribution in [2.45, 2.75) is 19.9 Å². The number of carbonyl (C=O) groups is 2. The maximum Gasteiger partial charge on any atom is 0.311 e. The molecule has 2 rings (SSSR count). The highest BCUT2D eigenvalue weighted by Gasteiger charge is 2.17. The number of aromatic amines is 1. The number of nitrogens with one attached hydrogen (secondary N) is 2. The Bertz CT molecular complexity index is 600. The molecule has 0 atom stereocenters. The highest BCUT2D eigenvalue weighted by Crippen LogP contribution is 2.12. The first kappa shape index (κ1) is 12.9. The van der Waals surface area contributed by atoms with Gasteiger partial charge in [0.05, 0.1) is 18.0 Å². The van der Waals surface area contributed by atoms with Gasteiger partial charge in [-0.1, -0.05) is 0 Å². The normalized spacial score (nSPS) is 10.4. The van der Waals surface area contributed by atoms with Gasteiger partial charge < -0.3 is 14.8 Å². The fourth-order valence-electron chi connectivity index (χ4n) is 1.64. The Hall–Kier alpha value is -2.57. The van der Waals surface area contributed by atoms with E-state index >= 15 is 0 Å². The lowest BCUT2D eigenvalue weighted by Gasteiger charge is -2.04. The van der Waals surface area contributed by atoms with E-state index < -0.39 is 5.97 Å². The summed E-state index contributed by atoms with van der Waals surface area (Å²) < 4.78 is 5.00. The summed E-state index contributed by atoms with van der Waals surface area (Å²) in [7, 11) is 0. The van der Waals surface area contributed by atoms with Crippen LogP contribution in [-0.4, -0.2) is 27.2 Å². The Morgan fingerprint density at radius 2 is 2.32 bits per heavy atom. The molecular weight excluding hydrogens is 250 g/mol. The molecule has 0 saturated heterocycles. The van der Waals surface area contributed by atoms with Crippen LogP contribution in [0.4, 0.5) is 0 Å². The molecule has 19 heavy (non-hydrogen) atoms. The summed E-state index contributed by atoms with van der Waals surface area (Å²) in [6.07, 6.45) is 2.61. The monoisotopic (exact) mass is 263 g/mol. The SMILES string of the molecule is Cc1[nH]ncc1CNC(=O)c1ccoc1CC(=O)O. The molecule has 7 heteroatoms. The van der Waals surface area contributed by atoms with Gasteiger partial charge in [0.25, 0.3) is 5.91 Å². The van der Waals surface area contributed by atoms with Crippen molar-refractivity contribution in [2.24, 2.45) is 0 Å². The number of carboxylic acid groups (broad SMARTS) is 1. The number of hydrogen-bond acceptors (Lipinski definition) is 4. The number of H-pyrrole nitrogens is 1. The first-order valence-corrected chi connectivity index (χ1v) is 5.63. The summed E-state index contributed by atoms with van der Waals surface area (Å²) in [5.74, 6) is -1.27. The topological polar surface area (TPSA) is 108 Å². The number of amides is 1. The molecule has 0 bridgehead atoms. The number of aliphatic carboxylic acids is 1. The minimum Gasteiger partial charge on any atom is -0.481 e. The van der Waals surface area contributed by atoms with E-state index in [9.17, 15) is 9.59 Å². The largest absolute Gasteiger partial charge is 0.481 e. The second kappa shape index (κ2) is 5.38. The highest BCUT2D eigenvalue weighted by molar-refractivity contribution is 5.95. The maximum atomic E-state index is 11.9. The summed E-state index contributed by atoms with van der Waals surface area (Å²) in [6.45, 7) is 2.17. The lowest BCUT2D eigenvalue weighted by Crippen LogP contribution is -2.23. The first-order valence-electron chi connectivity index (χ1n) is 5.63. The number of hydrogen-bond donors (Lipinski definition) is 3. The quantitative estimate of drug-likeness (QED) is 0.741. The average Bonchev–Trinajstić information content (AvgIpc) is 2.95. The van der Waals surface area contributed by atoms with Gasteiger partial charge in [0.1, 0.15) is 12.2 Å². The zero-order valence-electron chi connectivity index (χ0n) is 10.3. The van der Waals surface area contributed by atoms with Crippen LogP contribution < -0.4 is 5.32 Å². The van der Waals surface area contributed by atoms with E-state index in [1.807, 2.05) is 6.92 Å². The van der Waals surface area contributed by atoms with E-state index in [2.05, 4.69) is 15.5 Å². The van der Waals surface area contributed by atoms with Crippen LogP contribution in [0.2, 0.25) is 0 Å². The number of carbonyl (C=O) groups excluding carboxylic acids is 1. The second-order valence-electron chi connectivity index (χ2n) is 4.03. The molecule has 0 saturated carbocycles. The molecule has 0 radical (unpaired) electrons. The Morgan fingerprint density at radius 3 is 2.95 bits per heavy atom. The molecule has 7 nitrogen and oxygen atoms in total. The van der Waals surface area contributed by atoms with E-state index in [0.29, 0.717) is 6.54 Å². The molecule has 0 aliphatic rings. The standard InChI is InChI=1S/C12H13N3O4/c1-7-8(6-14-15-7)5-13-12(18)9-2-3-19-10(9)4-11(16)17/h2-3,6H,4-5H2,1H3,(H,13,18)(H,14,15)(H,16,17). The maximum absolute atomic E-state index is 11.9. The van der Waals surface area contributed by atoms with Gasteiger partial charge in [0, 0.05) is 17.8 Å². The van der Waals surface area contributed by atoms with Crippen molar-refractivity contribution in [3.8, 4) is 0 Å². The molecule has 2 heterocycles. The van der Waals surface area contributed by atoms with Crippen LogP contribution in [0.15, 0.2) is 22.9 Å². The Kier molecular flexibility index (Phi) is 3.65. The molecule has 0 aliphatic carbocycles. The molecule has 0 fully saturated rings. The fourth-order valence-corrected chi connectivity index (χ4v) is 1.64. The predicted molar refractivity (Wildman–Crippen MR) is 64.5 cm³/mol. The summed E-state index contributed by atoms with van der Waals surface area (Å²) in [4.78, 5) is 22.5. The minimum atomic E-state index is -1.05. The second-order valence-corrected chi connectivity index (χ2v) is 4.03. The van der Waals surface area contributed by atoms with Crippen LogP contribution in [0.25, 0.3) is 0 Å². The molecule has 0 unspecified atom stereocenters. The van der Waals surface area contributed by atoms with Crippen LogP contribution in [0, 0.1) is 6.92 Å². The molecule has 2 aromatic heterocycles. The molecule has 0 aliphatic heterocycles. The van der Waals surface area contributed by atoms with Gasteiger partial charge in [0.15, 0.2) is 0 Å². The van der Waals surface area contributed by atoms with Crippen molar-refractivity contribution < 1.29 is 19.1 Å². The number of aryl methyl sites for hydroxylation is 1. The van der Waals surface area contributed by atoms with Crippen LogP contribution >= 0.6 is 0 Å². The molecule has 100 valence electrons. The highest BCUT2D eigenvalue weighted by atomic mass is 16.4. The first-order chi connectivity index (χ1) is 9.08. The lowest BCUT2D eigenvalue weighted by atomic mass is 10.2. The molecule has 3 N–H and O–H groups in total. The van der Waals surface area contributed by atoms with Crippen molar-refractivity contribution in [1.29, 1.82) is 0 Å². The van der Waals surface area contributed by atoms with Gasteiger partial charge in [-0.05, 0) is 13.0 Å². The van der Waals surface area contributed by atoms with Crippen molar-refractivity contribution in [2.75, 3.05) is 0 Å². The van der Waals surface area contributed by atoms with Crippen molar-refractivity contribution in [1.82, 2.24) is 15.5 Å². The van der Waals surface area contributed by atoms with Gasteiger partial charge in [-0.2, -0.15) is 5.10 Å².